The van der Waals surface area contributed by atoms with Crippen molar-refractivity contribution in [1.29, 1.82) is 0 Å². The molecule has 0 bridgehead atoms. The van der Waals surface area contributed by atoms with Crippen molar-refractivity contribution in [2.75, 3.05) is 6.61 Å². The normalized spacial score (nSPS) is 32.0. The van der Waals surface area contributed by atoms with Gasteiger partial charge >= 0.3 is 5.97 Å². The van der Waals surface area contributed by atoms with Gasteiger partial charge in [0, 0.05) is 6.04 Å². The fourth-order valence-corrected chi connectivity index (χ4v) is 2.91. The van der Waals surface area contributed by atoms with Gasteiger partial charge in [0.05, 0.1) is 0 Å². The van der Waals surface area contributed by atoms with Crippen LogP contribution in [0.5, 0.6) is 0 Å². The molecule has 0 aromatic heterocycles. The largest absolute Gasteiger partial charge is 0.462 e. The van der Waals surface area contributed by atoms with Gasteiger partial charge in [-0.3, -0.25) is 14.9 Å². The topological polar surface area (TPSA) is 67.4 Å². The second-order valence-corrected chi connectivity index (χ2v) is 6.61. The molecular weight excluding hydrogens is 256 g/mol. The average Bonchev–Trinajstić information content (AvgIpc) is 2.42. The first-order valence-electron chi connectivity index (χ1n) is 7.68. The fourth-order valence-electron chi connectivity index (χ4n) is 2.91. The van der Waals surface area contributed by atoms with E-state index in [1.54, 1.807) is 0 Å². The highest BCUT2D eigenvalue weighted by atomic mass is 16.5. The minimum Gasteiger partial charge on any atom is -0.462 e. The Balaban J connectivity index is 1.98. The van der Waals surface area contributed by atoms with Crippen molar-refractivity contribution < 1.29 is 14.3 Å². The summed E-state index contributed by atoms with van der Waals surface area (Å²) < 4.78 is 5.22. The average molecular weight is 282 g/mol. The number of ether oxygens (including phenoxy) is 1. The summed E-state index contributed by atoms with van der Waals surface area (Å²) in [5.41, 5.74) is -0.819. The van der Waals surface area contributed by atoms with E-state index in [1.807, 2.05) is 20.8 Å². The zero-order valence-electron chi connectivity index (χ0n) is 12.7. The monoisotopic (exact) mass is 282 g/mol. The Morgan fingerprint density at radius 3 is 2.60 bits per heavy atom. The van der Waals surface area contributed by atoms with Gasteiger partial charge in [-0.1, -0.05) is 33.1 Å². The van der Waals surface area contributed by atoms with E-state index < -0.39 is 11.6 Å². The summed E-state index contributed by atoms with van der Waals surface area (Å²) in [6.45, 7) is 5.81. The van der Waals surface area contributed by atoms with E-state index in [0.29, 0.717) is 0 Å². The summed E-state index contributed by atoms with van der Waals surface area (Å²) in [5.74, 6) is -0.213. The molecule has 114 valence electrons. The number of esters is 1. The Bertz CT molecular complexity index is 377. The zero-order chi connectivity index (χ0) is 14.8. The van der Waals surface area contributed by atoms with Gasteiger partial charge in [-0.25, -0.2) is 0 Å². The maximum atomic E-state index is 12.5. The third-order valence-electron chi connectivity index (χ3n) is 4.34. The highest BCUT2D eigenvalue weighted by molar-refractivity contribution is 5.89. The molecule has 2 fully saturated rings. The van der Waals surface area contributed by atoms with E-state index in [-0.39, 0.29) is 30.4 Å². The van der Waals surface area contributed by atoms with Crippen molar-refractivity contribution in [1.82, 2.24) is 10.6 Å². The number of hydrogen-bond acceptors (Lipinski definition) is 4. The Labute approximate surface area is 120 Å². The molecule has 2 N–H and O–H groups in total. The SMILES string of the molecule is CC(C)[C@@H]1N[C@@](C)(C(=O)NC2CCCCC2)COC1=O. The van der Waals surface area contributed by atoms with E-state index in [1.165, 1.54) is 19.3 Å². The van der Waals surface area contributed by atoms with Crippen molar-refractivity contribution >= 4 is 11.9 Å². The first-order valence-corrected chi connectivity index (χ1v) is 7.68. The summed E-state index contributed by atoms with van der Waals surface area (Å²) in [7, 11) is 0. The maximum absolute atomic E-state index is 12.5. The molecule has 2 aliphatic rings. The van der Waals surface area contributed by atoms with Crippen LogP contribution in [-0.4, -0.2) is 36.1 Å². The molecule has 0 radical (unpaired) electrons. The molecule has 5 heteroatoms. The number of morpholine rings is 1. The first kappa shape index (κ1) is 15.3. The van der Waals surface area contributed by atoms with Crippen LogP contribution in [0.4, 0.5) is 0 Å². The van der Waals surface area contributed by atoms with Crippen LogP contribution < -0.4 is 10.6 Å². The lowest BCUT2D eigenvalue weighted by atomic mass is 9.91. The van der Waals surface area contributed by atoms with Gasteiger partial charge in [0.2, 0.25) is 5.91 Å². The minimum absolute atomic E-state index is 0.0532. The molecule has 0 aromatic rings. The van der Waals surface area contributed by atoms with Gasteiger partial charge in [-0.05, 0) is 25.7 Å². The molecule has 5 nitrogen and oxygen atoms in total. The molecule has 1 saturated carbocycles. The number of rotatable bonds is 3. The molecule has 0 spiro atoms. The zero-order valence-corrected chi connectivity index (χ0v) is 12.7. The second-order valence-electron chi connectivity index (χ2n) is 6.61. The Morgan fingerprint density at radius 1 is 1.35 bits per heavy atom. The quantitative estimate of drug-likeness (QED) is 0.767. The lowest BCUT2D eigenvalue weighted by Gasteiger charge is -2.39. The molecule has 1 saturated heterocycles. The molecule has 2 atom stereocenters. The van der Waals surface area contributed by atoms with E-state index in [0.717, 1.165) is 12.8 Å². The summed E-state index contributed by atoms with van der Waals surface area (Å²) in [6.07, 6.45) is 5.72. The van der Waals surface area contributed by atoms with Crippen molar-refractivity contribution in [2.45, 2.75) is 70.5 Å². The summed E-state index contributed by atoms with van der Waals surface area (Å²) in [4.78, 5) is 24.2. The first-order chi connectivity index (χ1) is 9.42. The number of cyclic esters (lactones) is 1. The molecular formula is C15H26N2O3. The van der Waals surface area contributed by atoms with Gasteiger partial charge in [-0.2, -0.15) is 0 Å². The Hall–Kier alpha value is -1.10. The van der Waals surface area contributed by atoms with Gasteiger partial charge < -0.3 is 10.1 Å². The van der Waals surface area contributed by atoms with Crippen LogP contribution >= 0.6 is 0 Å². The molecule has 0 aromatic carbocycles. The van der Waals surface area contributed by atoms with E-state index in [4.69, 9.17) is 4.74 Å². The highest BCUT2D eigenvalue weighted by Gasteiger charge is 2.44. The number of carbonyl (C=O) groups is 2. The van der Waals surface area contributed by atoms with Crippen molar-refractivity contribution in [3.05, 3.63) is 0 Å². The van der Waals surface area contributed by atoms with Gasteiger partial charge in [0.1, 0.15) is 18.2 Å². The van der Waals surface area contributed by atoms with E-state index in [2.05, 4.69) is 10.6 Å². The van der Waals surface area contributed by atoms with Gasteiger partial charge in [0.25, 0.3) is 0 Å². The Kier molecular flexibility index (Phi) is 4.68. The van der Waals surface area contributed by atoms with Crippen LogP contribution in [0.15, 0.2) is 0 Å². The third-order valence-corrected chi connectivity index (χ3v) is 4.34. The van der Waals surface area contributed by atoms with Crippen molar-refractivity contribution in [3.63, 3.8) is 0 Å². The third kappa shape index (κ3) is 3.32. The lowest BCUT2D eigenvalue weighted by Crippen LogP contribution is -2.68. The molecule has 1 amide bonds. The van der Waals surface area contributed by atoms with Crippen molar-refractivity contribution in [2.24, 2.45) is 5.92 Å². The Morgan fingerprint density at radius 2 is 2.00 bits per heavy atom. The van der Waals surface area contributed by atoms with Crippen LogP contribution in [-0.2, 0) is 14.3 Å². The van der Waals surface area contributed by atoms with Crippen LogP contribution in [0.25, 0.3) is 0 Å². The number of carbonyl (C=O) groups excluding carboxylic acids is 2. The van der Waals surface area contributed by atoms with Crippen molar-refractivity contribution in [3.8, 4) is 0 Å². The van der Waals surface area contributed by atoms with Crippen LogP contribution in [0, 0.1) is 5.92 Å². The van der Waals surface area contributed by atoms with Gasteiger partial charge in [-0.15, -0.1) is 0 Å². The molecule has 1 aliphatic carbocycles. The standard InChI is InChI=1S/C15H26N2O3/c1-10(2)12-13(18)20-9-15(3,17-12)14(19)16-11-7-5-4-6-8-11/h10-12,17H,4-9H2,1-3H3,(H,16,19)/t12-,15+/m0/s1. The maximum Gasteiger partial charge on any atom is 0.323 e. The van der Waals surface area contributed by atoms with Crippen LogP contribution in [0.1, 0.15) is 52.9 Å². The predicted molar refractivity (Wildman–Crippen MR) is 76.1 cm³/mol. The lowest BCUT2D eigenvalue weighted by molar-refractivity contribution is -0.160. The molecule has 0 unspecified atom stereocenters. The minimum atomic E-state index is -0.819. The smallest absolute Gasteiger partial charge is 0.323 e. The summed E-state index contributed by atoms with van der Waals surface area (Å²) in [5, 5.41) is 6.29. The van der Waals surface area contributed by atoms with E-state index in [9.17, 15) is 9.59 Å². The molecule has 1 heterocycles. The number of nitrogens with one attached hydrogen (secondary N) is 2. The predicted octanol–water partition coefficient (Wildman–Crippen LogP) is 1.36. The highest BCUT2D eigenvalue weighted by Crippen LogP contribution is 2.21. The summed E-state index contributed by atoms with van der Waals surface area (Å²) in [6, 6.07) is -0.143. The number of hydrogen-bond donors (Lipinski definition) is 2. The second kappa shape index (κ2) is 6.12. The number of amides is 1. The molecule has 2 rings (SSSR count). The summed E-state index contributed by atoms with van der Waals surface area (Å²) >= 11 is 0. The van der Waals surface area contributed by atoms with Crippen LogP contribution in [0.2, 0.25) is 0 Å². The molecule has 20 heavy (non-hydrogen) atoms. The fraction of sp³-hybridized carbons (Fsp3) is 0.867. The van der Waals surface area contributed by atoms with Gasteiger partial charge in [0.15, 0.2) is 0 Å². The van der Waals surface area contributed by atoms with E-state index >= 15 is 0 Å². The molecule has 1 aliphatic heterocycles. The van der Waals surface area contributed by atoms with Crippen LogP contribution in [0.3, 0.4) is 0 Å².